The molecule has 0 unspecified atom stereocenters. The van der Waals surface area contributed by atoms with E-state index < -0.39 is 5.91 Å². The van der Waals surface area contributed by atoms with Crippen LogP contribution in [0.1, 0.15) is 36.2 Å². The molecule has 0 saturated carbocycles. The number of fused-ring (bicyclic) bond motifs is 1. The molecule has 11 heteroatoms. The van der Waals surface area contributed by atoms with E-state index in [2.05, 4.69) is 10.1 Å². The summed E-state index contributed by atoms with van der Waals surface area (Å²) in [6, 6.07) is 7.34. The predicted octanol–water partition coefficient (Wildman–Crippen LogP) is 5.03. The van der Waals surface area contributed by atoms with Crippen molar-refractivity contribution in [3.8, 4) is 5.69 Å². The van der Waals surface area contributed by atoms with Gasteiger partial charge in [-0.1, -0.05) is 29.3 Å². The second-order valence-corrected chi connectivity index (χ2v) is 10.3. The third-order valence-electron chi connectivity index (χ3n) is 6.20. The maximum atomic E-state index is 12.9. The Morgan fingerprint density at radius 1 is 1.23 bits per heavy atom. The summed E-state index contributed by atoms with van der Waals surface area (Å²) in [5.41, 5.74) is 3.35. The number of nitrogens with zero attached hydrogens (tertiary/aromatic N) is 5. The van der Waals surface area contributed by atoms with Gasteiger partial charge in [-0.2, -0.15) is 15.1 Å². The number of hydrogen-bond acceptors (Lipinski definition) is 5. The Morgan fingerprint density at radius 3 is 2.71 bits per heavy atom. The Morgan fingerprint density at radius 2 is 1.97 bits per heavy atom. The van der Waals surface area contributed by atoms with Gasteiger partial charge < -0.3 is 9.47 Å². The first-order chi connectivity index (χ1) is 16.7. The van der Waals surface area contributed by atoms with E-state index >= 15 is 0 Å². The van der Waals surface area contributed by atoms with Crippen LogP contribution in [0.3, 0.4) is 0 Å². The minimum Gasteiger partial charge on any atom is -0.342 e. The zero-order valence-electron chi connectivity index (χ0n) is 19.1. The summed E-state index contributed by atoms with van der Waals surface area (Å²) in [5.74, 6) is -0.571. The predicted molar refractivity (Wildman–Crippen MR) is 141 cm³/mol. The fourth-order valence-electron chi connectivity index (χ4n) is 4.44. The lowest BCUT2D eigenvalue weighted by atomic mass is 10.1. The van der Waals surface area contributed by atoms with Crippen molar-refractivity contribution in [1.29, 1.82) is 5.41 Å². The van der Waals surface area contributed by atoms with Crippen LogP contribution in [0.15, 0.2) is 39.9 Å². The van der Waals surface area contributed by atoms with Crippen LogP contribution in [0.5, 0.6) is 0 Å². The summed E-state index contributed by atoms with van der Waals surface area (Å²) in [7, 11) is 0. The van der Waals surface area contributed by atoms with Gasteiger partial charge in [0.1, 0.15) is 5.04 Å². The molecule has 8 nitrogen and oxygen atoms in total. The molecule has 1 N–H and O–H groups in total. The first kappa shape index (κ1) is 23.8. The van der Waals surface area contributed by atoms with E-state index in [1.54, 1.807) is 12.1 Å². The van der Waals surface area contributed by atoms with Gasteiger partial charge in [0.15, 0.2) is 5.84 Å². The molecule has 0 atom stereocenters. The first-order valence-corrected chi connectivity index (χ1v) is 12.7. The molecule has 0 spiro atoms. The van der Waals surface area contributed by atoms with Gasteiger partial charge in [-0.15, -0.1) is 0 Å². The number of benzene rings is 1. The maximum absolute atomic E-state index is 12.9. The summed E-state index contributed by atoms with van der Waals surface area (Å²) in [6.07, 6.45) is 3.82. The lowest BCUT2D eigenvalue weighted by Crippen LogP contribution is -2.35. The smallest absolute Gasteiger partial charge is 0.283 e. The molecule has 1 aromatic carbocycles. The monoisotopic (exact) mass is 528 g/mol. The molecule has 5 rings (SSSR count). The van der Waals surface area contributed by atoms with Gasteiger partial charge in [0, 0.05) is 24.5 Å². The lowest BCUT2D eigenvalue weighted by molar-refractivity contribution is -0.128. The quantitative estimate of drug-likeness (QED) is 0.562. The molecule has 0 bridgehead atoms. The number of aryl methyl sites for hydroxylation is 1. The van der Waals surface area contributed by atoms with Crippen molar-refractivity contribution in [2.45, 2.75) is 33.1 Å². The molecule has 1 fully saturated rings. The van der Waals surface area contributed by atoms with Gasteiger partial charge in [0.2, 0.25) is 11.1 Å². The average molecular weight is 529 g/mol. The van der Waals surface area contributed by atoms with Gasteiger partial charge in [-0.25, -0.2) is 0 Å². The largest absolute Gasteiger partial charge is 0.342 e. The van der Waals surface area contributed by atoms with Crippen LogP contribution in [0, 0.1) is 19.3 Å². The highest BCUT2D eigenvalue weighted by atomic mass is 35.5. The number of aliphatic imine (C=N–C) groups is 1. The molecule has 4 heterocycles. The topological polar surface area (TPSA) is 94.1 Å². The van der Waals surface area contributed by atoms with Crippen molar-refractivity contribution in [3.63, 3.8) is 0 Å². The van der Waals surface area contributed by atoms with Crippen LogP contribution < -0.4 is 0 Å². The Kier molecular flexibility index (Phi) is 6.33. The van der Waals surface area contributed by atoms with E-state index in [0.29, 0.717) is 20.3 Å². The second-order valence-electron chi connectivity index (χ2n) is 8.51. The van der Waals surface area contributed by atoms with Crippen LogP contribution in [0.2, 0.25) is 10.0 Å². The minimum atomic E-state index is -0.512. The van der Waals surface area contributed by atoms with Crippen molar-refractivity contribution < 1.29 is 9.59 Å². The van der Waals surface area contributed by atoms with Gasteiger partial charge in [0.05, 0.1) is 27.7 Å². The Labute approximate surface area is 216 Å². The number of amides is 2. The van der Waals surface area contributed by atoms with Gasteiger partial charge in [0.25, 0.3) is 5.91 Å². The van der Waals surface area contributed by atoms with Crippen molar-refractivity contribution in [3.05, 3.63) is 56.8 Å². The third-order valence-corrected chi connectivity index (χ3v) is 7.92. The molecule has 0 aliphatic carbocycles. The zero-order valence-corrected chi connectivity index (χ0v) is 21.5. The Hall–Kier alpha value is -2.88. The molecule has 2 aromatic rings. The summed E-state index contributed by atoms with van der Waals surface area (Å²) >= 11 is 13.8. The fourth-order valence-corrected chi connectivity index (χ4v) is 5.69. The number of aromatic nitrogens is 1. The molecule has 2 amide bonds. The Bertz CT molecular complexity index is 1370. The zero-order chi connectivity index (χ0) is 24.9. The number of halogens is 2. The summed E-state index contributed by atoms with van der Waals surface area (Å²) in [4.78, 5) is 31.3. The third kappa shape index (κ3) is 4.32. The molecular weight excluding hydrogens is 507 g/mol. The summed E-state index contributed by atoms with van der Waals surface area (Å²) in [5, 5.41) is 16.1. The van der Waals surface area contributed by atoms with Crippen LogP contribution in [-0.4, -0.2) is 55.4 Å². The van der Waals surface area contributed by atoms with Crippen molar-refractivity contribution in [1.82, 2.24) is 14.5 Å². The van der Waals surface area contributed by atoms with Crippen LogP contribution in [0.25, 0.3) is 11.8 Å². The van der Waals surface area contributed by atoms with Crippen LogP contribution in [0.4, 0.5) is 0 Å². The fraction of sp³-hybridized carbons (Fsp3) is 0.292. The van der Waals surface area contributed by atoms with Crippen LogP contribution >= 0.6 is 35.0 Å². The highest BCUT2D eigenvalue weighted by Crippen LogP contribution is 2.34. The van der Waals surface area contributed by atoms with Crippen molar-refractivity contribution in [2.24, 2.45) is 10.1 Å². The van der Waals surface area contributed by atoms with E-state index in [1.807, 2.05) is 41.5 Å². The number of nitrogens with one attached hydrogen (secondary N) is 1. The van der Waals surface area contributed by atoms with E-state index in [4.69, 9.17) is 28.6 Å². The van der Waals surface area contributed by atoms with Crippen molar-refractivity contribution >= 4 is 68.9 Å². The molecule has 1 saturated heterocycles. The Balaban J connectivity index is 1.43. The van der Waals surface area contributed by atoms with E-state index in [0.717, 1.165) is 48.6 Å². The SMILES string of the molecule is Cc1cc(/C=C2\C(=N)N3N=C(CC(=O)N4CCCC4)SC3=NC2=O)c(C)n1-c1cccc(Cl)c1Cl. The number of amidine groups is 2. The molecule has 3 aliphatic heterocycles. The number of carbonyl (C=O) groups excluding carboxylic acids is 2. The molecule has 0 radical (unpaired) electrons. The molecule has 1 aromatic heterocycles. The van der Waals surface area contributed by atoms with E-state index in [9.17, 15) is 9.59 Å². The average Bonchev–Trinajstić information content (AvgIpc) is 3.54. The number of likely N-dealkylation sites (tertiary alicyclic amines) is 1. The molecule has 35 heavy (non-hydrogen) atoms. The van der Waals surface area contributed by atoms with Gasteiger partial charge in [-0.05, 0) is 68.3 Å². The van der Waals surface area contributed by atoms with E-state index in [-0.39, 0.29) is 23.7 Å². The second kappa shape index (κ2) is 9.29. The maximum Gasteiger partial charge on any atom is 0.283 e. The standard InChI is InChI=1S/C24H22Cl2N6O2S/c1-13-10-15(14(2)31(13)18-7-5-6-17(25)21(18)26)11-16-22(27)32-24(28-23(16)34)35-19(29-32)12-20(33)30-8-3-4-9-30/h5-7,10-11,27H,3-4,8-9,12H2,1-2H3/b16-11+,27-22?. The highest BCUT2D eigenvalue weighted by molar-refractivity contribution is 8.27. The molecule has 3 aliphatic rings. The number of thioether (sulfide) groups is 1. The number of hydrazone groups is 1. The van der Waals surface area contributed by atoms with Crippen LogP contribution in [-0.2, 0) is 9.59 Å². The van der Waals surface area contributed by atoms with Gasteiger partial charge >= 0.3 is 0 Å². The normalized spacial score (nSPS) is 18.9. The molecular formula is C24H22Cl2N6O2S. The number of hydrogen-bond donors (Lipinski definition) is 1. The van der Waals surface area contributed by atoms with Gasteiger partial charge in [-0.3, -0.25) is 15.0 Å². The summed E-state index contributed by atoms with van der Waals surface area (Å²) < 4.78 is 1.96. The first-order valence-electron chi connectivity index (χ1n) is 11.1. The number of carbonyl (C=O) groups is 2. The number of rotatable bonds is 4. The minimum absolute atomic E-state index is 0.00920. The summed E-state index contributed by atoms with van der Waals surface area (Å²) in [6.45, 7) is 5.37. The highest BCUT2D eigenvalue weighted by Gasteiger charge is 2.36. The molecule has 180 valence electrons. The van der Waals surface area contributed by atoms with Crippen molar-refractivity contribution in [2.75, 3.05) is 13.1 Å². The van der Waals surface area contributed by atoms with E-state index in [1.165, 1.54) is 16.8 Å². The lowest BCUT2D eigenvalue weighted by Gasteiger charge is -2.20.